The molecule has 3 N–H and O–H groups in total. The van der Waals surface area contributed by atoms with E-state index in [1.54, 1.807) is 12.3 Å². The molecular weight excluding hydrogens is 204 g/mol. The highest BCUT2D eigenvalue weighted by atomic mass is 15.3. The van der Waals surface area contributed by atoms with Crippen LogP contribution < -0.4 is 11.1 Å². The molecule has 2 aromatic heterocycles. The number of rotatable bonds is 4. The molecule has 0 fully saturated rings. The lowest BCUT2D eigenvalue weighted by molar-refractivity contribution is 0.711. The molecule has 0 atom stereocenters. The Morgan fingerprint density at radius 2 is 2.31 bits per heavy atom. The van der Waals surface area contributed by atoms with Crippen molar-refractivity contribution in [2.45, 2.75) is 6.42 Å². The minimum atomic E-state index is 0.470. The molecule has 0 bridgehead atoms. The molecule has 0 aliphatic carbocycles. The lowest BCUT2D eigenvalue weighted by atomic mass is 10.3. The lowest BCUT2D eigenvalue weighted by Gasteiger charge is -2.05. The minimum absolute atomic E-state index is 0.470. The number of hydrogen-bond donors (Lipinski definition) is 2. The van der Waals surface area contributed by atoms with Crippen molar-refractivity contribution in [1.82, 2.24) is 19.7 Å². The lowest BCUT2D eigenvalue weighted by Crippen LogP contribution is -2.09. The molecular formula is C10H14N6. The smallest absolute Gasteiger partial charge is 0.131 e. The quantitative estimate of drug-likeness (QED) is 0.778. The molecule has 0 unspecified atom stereocenters. The number of hydrogen-bond acceptors (Lipinski definition) is 5. The van der Waals surface area contributed by atoms with Crippen molar-refractivity contribution < 1.29 is 0 Å². The summed E-state index contributed by atoms with van der Waals surface area (Å²) in [6.45, 7) is 0.788. The summed E-state index contributed by atoms with van der Waals surface area (Å²) in [7, 11) is 1.93. The van der Waals surface area contributed by atoms with Crippen molar-refractivity contribution in [3.63, 3.8) is 0 Å². The Kier molecular flexibility index (Phi) is 3.00. The second-order valence-corrected chi connectivity index (χ2v) is 3.45. The van der Waals surface area contributed by atoms with Gasteiger partial charge in [0, 0.05) is 38.0 Å². The van der Waals surface area contributed by atoms with Gasteiger partial charge in [0.15, 0.2) is 0 Å². The zero-order valence-corrected chi connectivity index (χ0v) is 9.09. The third-order valence-corrected chi connectivity index (χ3v) is 2.30. The van der Waals surface area contributed by atoms with Crippen LogP contribution in [0, 0.1) is 0 Å². The largest absolute Gasteiger partial charge is 0.384 e. The van der Waals surface area contributed by atoms with E-state index in [1.165, 1.54) is 12.0 Å². The molecule has 0 aliphatic heterocycles. The molecule has 16 heavy (non-hydrogen) atoms. The number of nitrogen functional groups attached to an aromatic ring is 1. The number of anilines is 2. The van der Waals surface area contributed by atoms with Gasteiger partial charge in [0.25, 0.3) is 0 Å². The summed E-state index contributed by atoms with van der Waals surface area (Å²) < 4.78 is 1.86. The van der Waals surface area contributed by atoms with Gasteiger partial charge < -0.3 is 11.1 Å². The Morgan fingerprint density at radius 1 is 1.44 bits per heavy atom. The molecule has 2 heterocycles. The highest BCUT2D eigenvalue weighted by Crippen LogP contribution is 2.05. The summed E-state index contributed by atoms with van der Waals surface area (Å²) in [5, 5.41) is 7.28. The fraction of sp³-hybridized carbons (Fsp3) is 0.300. The fourth-order valence-electron chi connectivity index (χ4n) is 1.43. The van der Waals surface area contributed by atoms with Gasteiger partial charge in [-0.2, -0.15) is 5.10 Å². The SMILES string of the molecule is Cn1nccc1CCNc1cc(N)ncn1. The summed E-state index contributed by atoms with van der Waals surface area (Å²) in [5.74, 6) is 1.22. The van der Waals surface area contributed by atoms with E-state index >= 15 is 0 Å². The van der Waals surface area contributed by atoms with Gasteiger partial charge in [0.2, 0.25) is 0 Å². The zero-order valence-electron chi connectivity index (χ0n) is 9.09. The molecule has 0 saturated carbocycles. The predicted molar refractivity (Wildman–Crippen MR) is 61.8 cm³/mol. The van der Waals surface area contributed by atoms with E-state index < -0.39 is 0 Å². The van der Waals surface area contributed by atoms with Gasteiger partial charge in [-0.15, -0.1) is 0 Å². The van der Waals surface area contributed by atoms with Crippen LogP contribution in [0.3, 0.4) is 0 Å². The Hall–Kier alpha value is -2.11. The first kappa shape index (κ1) is 10.4. The molecule has 2 aromatic rings. The maximum atomic E-state index is 5.54. The van der Waals surface area contributed by atoms with Gasteiger partial charge in [-0.3, -0.25) is 4.68 Å². The predicted octanol–water partition coefficient (Wildman–Crippen LogP) is 0.447. The van der Waals surface area contributed by atoms with E-state index in [4.69, 9.17) is 5.73 Å². The van der Waals surface area contributed by atoms with Crippen LogP contribution in [0.5, 0.6) is 0 Å². The number of nitrogens with zero attached hydrogens (tertiary/aromatic N) is 4. The van der Waals surface area contributed by atoms with Crippen molar-refractivity contribution in [3.05, 3.63) is 30.4 Å². The molecule has 6 nitrogen and oxygen atoms in total. The Labute approximate surface area is 93.5 Å². The second kappa shape index (κ2) is 4.61. The topological polar surface area (TPSA) is 81.7 Å². The third-order valence-electron chi connectivity index (χ3n) is 2.30. The molecule has 0 aromatic carbocycles. The molecule has 2 rings (SSSR count). The third kappa shape index (κ3) is 2.47. The second-order valence-electron chi connectivity index (χ2n) is 3.45. The van der Waals surface area contributed by atoms with E-state index in [9.17, 15) is 0 Å². The summed E-state index contributed by atoms with van der Waals surface area (Å²) in [5.41, 5.74) is 6.72. The van der Waals surface area contributed by atoms with Crippen molar-refractivity contribution in [1.29, 1.82) is 0 Å². The van der Waals surface area contributed by atoms with E-state index in [2.05, 4.69) is 20.4 Å². The van der Waals surface area contributed by atoms with E-state index in [0.29, 0.717) is 5.82 Å². The number of aromatic nitrogens is 4. The molecule has 0 radical (unpaired) electrons. The van der Waals surface area contributed by atoms with Gasteiger partial charge in [-0.05, 0) is 6.07 Å². The standard InChI is InChI=1S/C10H14N6/c1-16-8(3-5-15-16)2-4-12-10-6-9(11)13-7-14-10/h3,5-7H,2,4H2,1H3,(H3,11,12,13,14). The van der Waals surface area contributed by atoms with Crippen LogP contribution in [0.25, 0.3) is 0 Å². The van der Waals surface area contributed by atoms with Crippen LogP contribution in [-0.4, -0.2) is 26.3 Å². The first-order valence-electron chi connectivity index (χ1n) is 5.04. The van der Waals surface area contributed by atoms with Crippen LogP contribution in [0.15, 0.2) is 24.7 Å². The Balaban J connectivity index is 1.87. The van der Waals surface area contributed by atoms with E-state index in [1.807, 2.05) is 17.8 Å². The average Bonchev–Trinajstić information content (AvgIpc) is 2.65. The summed E-state index contributed by atoms with van der Waals surface area (Å²) in [4.78, 5) is 7.88. The summed E-state index contributed by atoms with van der Waals surface area (Å²) in [6, 6.07) is 3.71. The molecule has 0 saturated heterocycles. The zero-order chi connectivity index (χ0) is 11.4. The van der Waals surface area contributed by atoms with Crippen LogP contribution >= 0.6 is 0 Å². The molecule has 6 heteroatoms. The molecule has 0 spiro atoms. The summed E-state index contributed by atoms with van der Waals surface area (Å²) >= 11 is 0. The van der Waals surface area contributed by atoms with Crippen molar-refractivity contribution >= 4 is 11.6 Å². The number of aryl methyl sites for hydroxylation is 1. The first-order chi connectivity index (χ1) is 7.75. The normalized spacial score (nSPS) is 10.3. The van der Waals surface area contributed by atoms with Gasteiger partial charge >= 0.3 is 0 Å². The summed E-state index contributed by atoms with van der Waals surface area (Å²) in [6.07, 6.45) is 4.13. The highest BCUT2D eigenvalue weighted by Gasteiger charge is 1.99. The highest BCUT2D eigenvalue weighted by molar-refractivity contribution is 5.43. The molecule has 0 aliphatic rings. The van der Waals surface area contributed by atoms with Gasteiger partial charge in [-0.1, -0.05) is 0 Å². The Bertz CT molecular complexity index is 464. The van der Waals surface area contributed by atoms with Crippen LogP contribution in [-0.2, 0) is 13.5 Å². The number of nitrogens with two attached hydrogens (primary N) is 1. The van der Waals surface area contributed by atoms with Crippen molar-refractivity contribution in [3.8, 4) is 0 Å². The van der Waals surface area contributed by atoms with E-state index in [0.717, 1.165) is 18.8 Å². The van der Waals surface area contributed by atoms with Gasteiger partial charge in [0.1, 0.15) is 18.0 Å². The maximum Gasteiger partial charge on any atom is 0.131 e. The van der Waals surface area contributed by atoms with Crippen LogP contribution in [0.1, 0.15) is 5.69 Å². The average molecular weight is 218 g/mol. The molecule has 84 valence electrons. The van der Waals surface area contributed by atoms with Crippen molar-refractivity contribution in [2.75, 3.05) is 17.6 Å². The fourth-order valence-corrected chi connectivity index (χ4v) is 1.43. The molecule has 0 amide bonds. The Morgan fingerprint density at radius 3 is 3.00 bits per heavy atom. The first-order valence-corrected chi connectivity index (χ1v) is 5.04. The van der Waals surface area contributed by atoms with Gasteiger partial charge in [-0.25, -0.2) is 9.97 Å². The van der Waals surface area contributed by atoms with Crippen LogP contribution in [0.2, 0.25) is 0 Å². The van der Waals surface area contributed by atoms with E-state index in [-0.39, 0.29) is 0 Å². The van der Waals surface area contributed by atoms with Gasteiger partial charge in [0.05, 0.1) is 0 Å². The minimum Gasteiger partial charge on any atom is -0.384 e. The van der Waals surface area contributed by atoms with Crippen LogP contribution in [0.4, 0.5) is 11.6 Å². The maximum absolute atomic E-state index is 5.54. The monoisotopic (exact) mass is 218 g/mol. The number of nitrogens with one attached hydrogen (secondary N) is 1. The van der Waals surface area contributed by atoms with Crippen molar-refractivity contribution in [2.24, 2.45) is 7.05 Å².